The van der Waals surface area contributed by atoms with E-state index in [2.05, 4.69) is 12.2 Å². The van der Waals surface area contributed by atoms with E-state index in [1.54, 1.807) is 12.5 Å². The number of halogens is 1. The second-order valence-electron chi connectivity index (χ2n) is 4.40. The summed E-state index contributed by atoms with van der Waals surface area (Å²) in [6, 6.07) is 2.01. The fraction of sp³-hybridized carbons (Fsp3) is 0.636. The number of furan rings is 1. The molecule has 0 amide bonds. The molecule has 1 aliphatic carbocycles. The SMILES string of the molecule is CC1(CNCc2ccoc2)CCC1.Cl. The Morgan fingerprint density at radius 3 is 2.79 bits per heavy atom. The minimum Gasteiger partial charge on any atom is -0.472 e. The molecule has 1 N–H and O–H groups in total. The average Bonchev–Trinajstić information content (AvgIpc) is 2.54. The molecule has 0 atom stereocenters. The Labute approximate surface area is 91.5 Å². The van der Waals surface area contributed by atoms with Gasteiger partial charge < -0.3 is 9.73 Å². The quantitative estimate of drug-likeness (QED) is 0.836. The van der Waals surface area contributed by atoms with Crippen molar-refractivity contribution in [3.63, 3.8) is 0 Å². The summed E-state index contributed by atoms with van der Waals surface area (Å²) in [5.74, 6) is 0. The van der Waals surface area contributed by atoms with Gasteiger partial charge in [0, 0.05) is 18.7 Å². The summed E-state index contributed by atoms with van der Waals surface area (Å²) in [7, 11) is 0. The van der Waals surface area contributed by atoms with E-state index in [0.29, 0.717) is 5.41 Å². The number of hydrogen-bond acceptors (Lipinski definition) is 2. The Bertz CT molecular complexity index is 254. The third kappa shape index (κ3) is 2.76. The Morgan fingerprint density at radius 2 is 2.29 bits per heavy atom. The smallest absolute Gasteiger partial charge is 0.0947 e. The van der Waals surface area contributed by atoms with Crippen LogP contribution < -0.4 is 5.32 Å². The first kappa shape index (κ1) is 11.6. The van der Waals surface area contributed by atoms with Gasteiger partial charge in [-0.05, 0) is 24.3 Å². The minimum absolute atomic E-state index is 0. The van der Waals surface area contributed by atoms with Gasteiger partial charge in [-0.2, -0.15) is 0 Å². The highest BCUT2D eigenvalue weighted by molar-refractivity contribution is 5.85. The molecule has 1 fully saturated rings. The molecule has 2 rings (SSSR count). The first-order valence-corrected chi connectivity index (χ1v) is 5.00. The molecule has 1 heterocycles. The predicted molar refractivity (Wildman–Crippen MR) is 59.6 cm³/mol. The highest BCUT2D eigenvalue weighted by atomic mass is 35.5. The summed E-state index contributed by atoms with van der Waals surface area (Å²) in [4.78, 5) is 0. The molecule has 2 nitrogen and oxygen atoms in total. The zero-order chi connectivity index (χ0) is 9.15. The van der Waals surface area contributed by atoms with E-state index in [-0.39, 0.29) is 12.4 Å². The van der Waals surface area contributed by atoms with Crippen molar-refractivity contribution in [3.05, 3.63) is 24.2 Å². The zero-order valence-corrected chi connectivity index (χ0v) is 9.40. The van der Waals surface area contributed by atoms with Crippen LogP contribution in [0.4, 0.5) is 0 Å². The average molecular weight is 216 g/mol. The van der Waals surface area contributed by atoms with Crippen LogP contribution in [0, 0.1) is 5.41 Å². The maximum absolute atomic E-state index is 5.00. The number of hydrogen-bond donors (Lipinski definition) is 1. The molecule has 3 heteroatoms. The van der Waals surface area contributed by atoms with Gasteiger partial charge in [-0.15, -0.1) is 12.4 Å². The van der Waals surface area contributed by atoms with Crippen LogP contribution in [-0.2, 0) is 6.54 Å². The molecule has 1 aromatic rings. The van der Waals surface area contributed by atoms with Crippen LogP contribution in [-0.4, -0.2) is 6.54 Å². The van der Waals surface area contributed by atoms with Gasteiger partial charge in [-0.3, -0.25) is 0 Å². The fourth-order valence-corrected chi connectivity index (χ4v) is 1.86. The van der Waals surface area contributed by atoms with Crippen molar-refractivity contribution in [2.75, 3.05) is 6.54 Å². The molecular formula is C11H18ClNO. The van der Waals surface area contributed by atoms with Gasteiger partial charge in [-0.1, -0.05) is 13.3 Å². The molecule has 0 spiro atoms. The van der Waals surface area contributed by atoms with Crippen LogP contribution in [0.1, 0.15) is 31.7 Å². The summed E-state index contributed by atoms with van der Waals surface area (Å²) >= 11 is 0. The Balaban J connectivity index is 0.000000980. The molecule has 1 aliphatic rings. The van der Waals surface area contributed by atoms with E-state index < -0.39 is 0 Å². The van der Waals surface area contributed by atoms with E-state index in [1.807, 2.05) is 6.07 Å². The maximum atomic E-state index is 5.00. The molecule has 14 heavy (non-hydrogen) atoms. The van der Waals surface area contributed by atoms with Gasteiger partial charge in [0.25, 0.3) is 0 Å². The van der Waals surface area contributed by atoms with Crippen molar-refractivity contribution in [3.8, 4) is 0 Å². The van der Waals surface area contributed by atoms with E-state index in [4.69, 9.17) is 4.42 Å². The van der Waals surface area contributed by atoms with Crippen molar-refractivity contribution < 1.29 is 4.42 Å². The summed E-state index contributed by atoms with van der Waals surface area (Å²) in [6.07, 6.45) is 7.69. The third-order valence-electron chi connectivity index (χ3n) is 3.02. The lowest BCUT2D eigenvalue weighted by Gasteiger charge is -2.38. The Kier molecular flexibility index (Phi) is 4.02. The first-order chi connectivity index (χ1) is 6.29. The fourth-order valence-electron chi connectivity index (χ4n) is 1.86. The molecule has 1 saturated carbocycles. The highest BCUT2D eigenvalue weighted by Gasteiger charge is 2.30. The summed E-state index contributed by atoms with van der Waals surface area (Å²) in [5, 5.41) is 3.47. The third-order valence-corrected chi connectivity index (χ3v) is 3.02. The van der Waals surface area contributed by atoms with Gasteiger partial charge in [0.15, 0.2) is 0 Å². The predicted octanol–water partition coefficient (Wildman–Crippen LogP) is 2.98. The van der Waals surface area contributed by atoms with Gasteiger partial charge in [0.1, 0.15) is 0 Å². The van der Waals surface area contributed by atoms with E-state index in [0.717, 1.165) is 13.1 Å². The van der Waals surface area contributed by atoms with Crippen LogP contribution in [0.5, 0.6) is 0 Å². The van der Waals surface area contributed by atoms with Gasteiger partial charge >= 0.3 is 0 Å². The second-order valence-corrected chi connectivity index (χ2v) is 4.40. The summed E-state index contributed by atoms with van der Waals surface area (Å²) < 4.78 is 5.00. The molecular weight excluding hydrogens is 198 g/mol. The van der Waals surface area contributed by atoms with E-state index >= 15 is 0 Å². The van der Waals surface area contributed by atoms with Crippen LogP contribution in [0.3, 0.4) is 0 Å². The zero-order valence-electron chi connectivity index (χ0n) is 8.58. The molecule has 0 radical (unpaired) electrons. The molecule has 0 aliphatic heterocycles. The van der Waals surface area contributed by atoms with E-state index in [1.165, 1.54) is 24.8 Å². The second kappa shape index (κ2) is 4.85. The Hall–Kier alpha value is -0.470. The van der Waals surface area contributed by atoms with Crippen molar-refractivity contribution in [1.82, 2.24) is 5.32 Å². The number of nitrogens with one attached hydrogen (secondary N) is 1. The maximum Gasteiger partial charge on any atom is 0.0947 e. The standard InChI is InChI=1S/C11H17NO.ClH/c1-11(4-2-5-11)9-12-7-10-3-6-13-8-10;/h3,6,8,12H,2,4-5,7,9H2,1H3;1H. The van der Waals surface area contributed by atoms with Crippen LogP contribution in [0.15, 0.2) is 23.0 Å². The highest BCUT2D eigenvalue weighted by Crippen LogP contribution is 2.39. The lowest BCUT2D eigenvalue weighted by atomic mass is 9.70. The van der Waals surface area contributed by atoms with E-state index in [9.17, 15) is 0 Å². The van der Waals surface area contributed by atoms with Crippen molar-refractivity contribution >= 4 is 12.4 Å². The topological polar surface area (TPSA) is 25.2 Å². The summed E-state index contributed by atoms with van der Waals surface area (Å²) in [6.45, 7) is 4.43. The minimum atomic E-state index is 0. The van der Waals surface area contributed by atoms with Gasteiger partial charge in [-0.25, -0.2) is 0 Å². The first-order valence-electron chi connectivity index (χ1n) is 5.00. The van der Waals surface area contributed by atoms with Crippen LogP contribution in [0.25, 0.3) is 0 Å². The molecule has 0 saturated heterocycles. The van der Waals surface area contributed by atoms with Gasteiger partial charge in [0.2, 0.25) is 0 Å². The molecule has 0 aromatic carbocycles. The van der Waals surface area contributed by atoms with Crippen LogP contribution >= 0.6 is 12.4 Å². The monoisotopic (exact) mass is 215 g/mol. The largest absolute Gasteiger partial charge is 0.472 e. The van der Waals surface area contributed by atoms with Gasteiger partial charge in [0.05, 0.1) is 12.5 Å². The normalized spacial score (nSPS) is 18.4. The molecule has 1 aromatic heterocycles. The van der Waals surface area contributed by atoms with Crippen molar-refractivity contribution in [1.29, 1.82) is 0 Å². The molecule has 0 unspecified atom stereocenters. The lowest BCUT2D eigenvalue weighted by molar-refractivity contribution is 0.156. The Morgan fingerprint density at radius 1 is 1.50 bits per heavy atom. The molecule has 80 valence electrons. The lowest BCUT2D eigenvalue weighted by Crippen LogP contribution is -2.36. The van der Waals surface area contributed by atoms with Crippen molar-refractivity contribution in [2.45, 2.75) is 32.7 Å². The summed E-state index contributed by atoms with van der Waals surface area (Å²) in [5.41, 5.74) is 1.81. The molecule has 0 bridgehead atoms. The number of rotatable bonds is 4. The van der Waals surface area contributed by atoms with Crippen LogP contribution in [0.2, 0.25) is 0 Å². The van der Waals surface area contributed by atoms with Crippen molar-refractivity contribution in [2.24, 2.45) is 5.41 Å².